The summed E-state index contributed by atoms with van der Waals surface area (Å²) in [6, 6.07) is 13.0. The fraction of sp³-hybridized carbons (Fsp3) is 0.520. The molecule has 2 N–H and O–H groups in total. The van der Waals surface area contributed by atoms with E-state index >= 15 is 0 Å². The van der Waals surface area contributed by atoms with Gasteiger partial charge in [0.15, 0.2) is 5.65 Å². The smallest absolute Gasteiger partial charge is 0.160 e. The van der Waals surface area contributed by atoms with Crippen molar-refractivity contribution in [1.29, 1.82) is 0 Å². The summed E-state index contributed by atoms with van der Waals surface area (Å²) in [4.78, 5) is 7.58. The lowest BCUT2D eigenvalue weighted by molar-refractivity contribution is 0.384. The molecule has 0 radical (unpaired) electrons. The molecule has 3 aromatic rings. The number of nitrogens with one attached hydrogen (secondary N) is 2. The molecule has 0 bridgehead atoms. The van der Waals surface area contributed by atoms with E-state index in [1.807, 2.05) is 12.1 Å². The first-order chi connectivity index (χ1) is 15.8. The van der Waals surface area contributed by atoms with Gasteiger partial charge in [0.1, 0.15) is 5.82 Å². The number of piperidine rings is 1. The maximum absolute atomic E-state index is 6.10. The largest absolute Gasteiger partial charge is 0.357 e. The molecular formula is C25H33ClN6. The van der Waals surface area contributed by atoms with Gasteiger partial charge < -0.3 is 15.5 Å². The Bertz CT molecular complexity index is 1020. The Labute approximate surface area is 195 Å². The molecule has 2 fully saturated rings. The van der Waals surface area contributed by atoms with E-state index in [1.54, 1.807) is 0 Å². The first-order valence-corrected chi connectivity index (χ1v) is 12.4. The molecule has 0 unspecified atom stereocenters. The minimum absolute atomic E-state index is 0.553. The van der Waals surface area contributed by atoms with E-state index in [9.17, 15) is 0 Å². The highest BCUT2D eigenvalue weighted by Gasteiger charge is 2.18. The predicted octanol–water partition coefficient (Wildman–Crippen LogP) is 4.36. The maximum Gasteiger partial charge on any atom is 0.160 e. The Morgan fingerprint density at radius 3 is 2.47 bits per heavy atom. The zero-order chi connectivity index (χ0) is 21.8. The standard InChI is InChI=1S/C25H33ClN6/c26-20-7-5-19(6-8-20)18-32-25-22(23(30-32)17-28-21-11-13-27-14-12-21)9-10-24(29-25)31-15-3-1-2-4-16-31/h5-10,21,27-28H,1-4,11-18H2. The third-order valence-electron chi connectivity index (χ3n) is 6.73. The summed E-state index contributed by atoms with van der Waals surface area (Å²) >= 11 is 6.10. The molecule has 7 heteroatoms. The van der Waals surface area contributed by atoms with Gasteiger partial charge in [-0.1, -0.05) is 36.6 Å². The summed E-state index contributed by atoms with van der Waals surface area (Å²) in [6.45, 7) is 5.83. The molecule has 2 aliphatic heterocycles. The first kappa shape index (κ1) is 21.7. The summed E-state index contributed by atoms with van der Waals surface area (Å²) < 4.78 is 2.07. The molecule has 0 spiro atoms. The number of pyridine rings is 1. The Morgan fingerprint density at radius 2 is 1.72 bits per heavy atom. The van der Waals surface area contributed by atoms with E-state index < -0.39 is 0 Å². The second-order valence-corrected chi connectivity index (χ2v) is 9.51. The Hall–Kier alpha value is -2.15. The van der Waals surface area contributed by atoms with Crippen molar-refractivity contribution >= 4 is 28.5 Å². The molecule has 170 valence electrons. The monoisotopic (exact) mass is 452 g/mol. The average Bonchev–Trinajstić information content (AvgIpc) is 2.99. The van der Waals surface area contributed by atoms with Gasteiger partial charge in [-0.25, -0.2) is 9.67 Å². The lowest BCUT2D eigenvalue weighted by Crippen LogP contribution is -2.39. The molecule has 32 heavy (non-hydrogen) atoms. The van der Waals surface area contributed by atoms with Crippen LogP contribution in [0.3, 0.4) is 0 Å². The van der Waals surface area contributed by atoms with Crippen LogP contribution in [0.2, 0.25) is 5.02 Å². The van der Waals surface area contributed by atoms with Gasteiger partial charge in [-0.15, -0.1) is 0 Å². The van der Waals surface area contributed by atoms with Crippen LogP contribution < -0.4 is 15.5 Å². The van der Waals surface area contributed by atoms with Crippen LogP contribution in [0.25, 0.3) is 11.0 Å². The predicted molar refractivity (Wildman–Crippen MR) is 131 cm³/mol. The quantitative estimate of drug-likeness (QED) is 0.582. The highest BCUT2D eigenvalue weighted by Crippen LogP contribution is 2.25. The van der Waals surface area contributed by atoms with E-state index in [4.69, 9.17) is 21.7 Å². The highest BCUT2D eigenvalue weighted by molar-refractivity contribution is 6.30. The number of fused-ring (bicyclic) bond motifs is 1. The van der Waals surface area contributed by atoms with Gasteiger partial charge in [-0.05, 0) is 68.6 Å². The van der Waals surface area contributed by atoms with Crippen LogP contribution >= 0.6 is 11.6 Å². The molecule has 0 saturated carbocycles. The molecule has 6 nitrogen and oxygen atoms in total. The number of rotatable bonds is 6. The van der Waals surface area contributed by atoms with Crippen LogP contribution in [0.4, 0.5) is 5.82 Å². The van der Waals surface area contributed by atoms with E-state index in [0.717, 1.165) is 60.3 Å². The van der Waals surface area contributed by atoms with Crippen molar-refractivity contribution in [3.8, 4) is 0 Å². The highest BCUT2D eigenvalue weighted by atomic mass is 35.5. The number of nitrogens with zero attached hydrogens (tertiary/aromatic N) is 4. The van der Waals surface area contributed by atoms with E-state index in [1.165, 1.54) is 44.1 Å². The minimum Gasteiger partial charge on any atom is -0.357 e. The lowest BCUT2D eigenvalue weighted by atomic mass is 10.1. The van der Waals surface area contributed by atoms with Gasteiger partial charge in [0.05, 0.1) is 12.2 Å². The molecule has 1 aromatic carbocycles. The SMILES string of the molecule is Clc1ccc(Cn2nc(CNC3CCNCC3)c3ccc(N4CCCCCC4)nc32)cc1. The fourth-order valence-electron chi connectivity index (χ4n) is 4.85. The van der Waals surface area contributed by atoms with Crippen molar-refractivity contribution in [2.45, 2.75) is 57.7 Å². The van der Waals surface area contributed by atoms with Gasteiger partial charge in [-0.2, -0.15) is 5.10 Å². The summed E-state index contributed by atoms with van der Waals surface area (Å²) in [5, 5.41) is 14.1. The summed E-state index contributed by atoms with van der Waals surface area (Å²) in [5.41, 5.74) is 3.24. The van der Waals surface area contributed by atoms with Crippen LogP contribution in [0, 0.1) is 0 Å². The molecule has 0 aliphatic carbocycles. The third-order valence-corrected chi connectivity index (χ3v) is 6.98. The van der Waals surface area contributed by atoms with Crippen LogP contribution in [0.5, 0.6) is 0 Å². The summed E-state index contributed by atoms with van der Waals surface area (Å²) in [6.07, 6.45) is 7.46. The van der Waals surface area contributed by atoms with Crippen LogP contribution in [0.15, 0.2) is 36.4 Å². The summed E-state index contributed by atoms with van der Waals surface area (Å²) in [5.74, 6) is 1.08. The van der Waals surface area contributed by atoms with Gasteiger partial charge in [0.2, 0.25) is 0 Å². The van der Waals surface area contributed by atoms with E-state index in [-0.39, 0.29) is 0 Å². The number of aromatic nitrogens is 3. The molecular weight excluding hydrogens is 420 g/mol. The van der Waals surface area contributed by atoms with E-state index in [0.29, 0.717) is 12.6 Å². The van der Waals surface area contributed by atoms with Gasteiger partial charge in [-0.3, -0.25) is 0 Å². The lowest BCUT2D eigenvalue weighted by Gasteiger charge is -2.23. The normalized spacial score (nSPS) is 18.2. The molecule has 0 amide bonds. The molecule has 2 aliphatic rings. The van der Waals surface area contributed by atoms with Gasteiger partial charge in [0.25, 0.3) is 0 Å². The number of hydrogen-bond acceptors (Lipinski definition) is 5. The van der Waals surface area contributed by atoms with Crippen LogP contribution in [-0.4, -0.2) is 47.0 Å². The van der Waals surface area contributed by atoms with Crippen LogP contribution in [0.1, 0.15) is 49.8 Å². The van der Waals surface area contributed by atoms with Crippen molar-refractivity contribution in [1.82, 2.24) is 25.4 Å². The van der Waals surface area contributed by atoms with Crippen molar-refractivity contribution < 1.29 is 0 Å². The zero-order valence-corrected chi connectivity index (χ0v) is 19.4. The van der Waals surface area contributed by atoms with Crippen molar-refractivity contribution in [2.24, 2.45) is 0 Å². The average molecular weight is 453 g/mol. The number of halogens is 1. The number of hydrogen-bond donors (Lipinski definition) is 2. The fourth-order valence-corrected chi connectivity index (χ4v) is 4.98. The summed E-state index contributed by atoms with van der Waals surface area (Å²) in [7, 11) is 0. The van der Waals surface area contributed by atoms with Gasteiger partial charge in [0, 0.05) is 36.1 Å². The minimum atomic E-state index is 0.553. The Balaban J connectivity index is 1.44. The van der Waals surface area contributed by atoms with Crippen molar-refractivity contribution in [2.75, 3.05) is 31.1 Å². The molecule has 4 heterocycles. The number of benzene rings is 1. The third kappa shape index (κ3) is 5.08. The second kappa shape index (κ2) is 10.2. The van der Waals surface area contributed by atoms with E-state index in [2.05, 4.69) is 44.5 Å². The maximum atomic E-state index is 6.10. The van der Waals surface area contributed by atoms with Gasteiger partial charge >= 0.3 is 0 Å². The van der Waals surface area contributed by atoms with Crippen molar-refractivity contribution in [3.05, 3.63) is 52.7 Å². The topological polar surface area (TPSA) is 58.0 Å². The molecule has 2 saturated heterocycles. The first-order valence-electron chi connectivity index (χ1n) is 12.1. The molecule has 2 aromatic heterocycles. The zero-order valence-electron chi connectivity index (χ0n) is 18.7. The Kier molecular flexibility index (Phi) is 6.91. The Morgan fingerprint density at radius 1 is 0.969 bits per heavy atom. The van der Waals surface area contributed by atoms with Crippen molar-refractivity contribution in [3.63, 3.8) is 0 Å². The number of anilines is 1. The molecule has 5 rings (SSSR count). The van der Waals surface area contributed by atoms with Crippen LogP contribution in [-0.2, 0) is 13.1 Å². The second-order valence-electron chi connectivity index (χ2n) is 9.08. The molecule has 0 atom stereocenters.